The lowest BCUT2D eigenvalue weighted by Crippen LogP contribution is -2.12. The van der Waals surface area contributed by atoms with Crippen LogP contribution in [0.2, 0.25) is 0 Å². The molecule has 140 valence electrons. The molecular weight excluding hydrogens is 334 g/mol. The molecule has 3 rings (SSSR count). The molecule has 0 amide bonds. The Bertz CT molecular complexity index is 822. The summed E-state index contributed by atoms with van der Waals surface area (Å²) >= 11 is 0. The Kier molecular flexibility index (Phi) is 6.61. The topological polar surface area (TPSA) is 42.4 Å². The maximum atomic E-state index is 9.28. The molecule has 0 bridgehead atoms. The minimum absolute atomic E-state index is 0.295. The monoisotopic (exact) mass is 361 g/mol. The van der Waals surface area contributed by atoms with Crippen molar-refractivity contribution >= 4 is 0 Å². The number of rotatable bonds is 8. The third kappa shape index (κ3) is 5.41. The van der Waals surface area contributed by atoms with Gasteiger partial charge in [-0.05, 0) is 61.2 Å². The second kappa shape index (κ2) is 9.33. The number of hydrogen-bond donors (Lipinski definition) is 1. The predicted octanol–water partition coefficient (Wildman–Crippen LogP) is 5.52. The van der Waals surface area contributed by atoms with Gasteiger partial charge in [-0.15, -0.1) is 0 Å². The highest BCUT2D eigenvalue weighted by molar-refractivity contribution is 5.67. The molecule has 1 N–H and O–H groups in total. The van der Waals surface area contributed by atoms with E-state index >= 15 is 0 Å². The van der Waals surface area contributed by atoms with Crippen molar-refractivity contribution in [2.75, 3.05) is 6.61 Å². The summed E-state index contributed by atoms with van der Waals surface area (Å²) < 4.78 is 5.50. The number of aromatic nitrogens is 1. The summed E-state index contributed by atoms with van der Waals surface area (Å²) in [4.78, 5) is 4.62. The highest BCUT2D eigenvalue weighted by Gasteiger charge is 2.04. The van der Waals surface area contributed by atoms with Crippen molar-refractivity contribution in [3.8, 4) is 28.1 Å². The number of benzene rings is 2. The molecule has 0 fully saturated rings. The second-order valence-corrected chi connectivity index (χ2v) is 6.92. The van der Waals surface area contributed by atoms with Gasteiger partial charge < -0.3 is 9.84 Å². The third-order valence-electron chi connectivity index (χ3n) is 4.51. The number of unbranched alkanes of at least 4 members (excludes halogenated alkanes) is 1. The van der Waals surface area contributed by atoms with Crippen molar-refractivity contribution in [1.82, 2.24) is 4.98 Å². The van der Waals surface area contributed by atoms with E-state index in [1.165, 1.54) is 24.0 Å². The van der Waals surface area contributed by atoms with Gasteiger partial charge in [0.05, 0.1) is 11.8 Å². The summed E-state index contributed by atoms with van der Waals surface area (Å²) in [6.45, 7) is 4.22. The van der Waals surface area contributed by atoms with Crippen LogP contribution in [-0.4, -0.2) is 22.8 Å². The van der Waals surface area contributed by atoms with E-state index in [9.17, 15) is 5.11 Å². The fraction of sp³-hybridized carbons (Fsp3) is 0.292. The third-order valence-corrected chi connectivity index (χ3v) is 4.51. The first-order valence-electron chi connectivity index (χ1n) is 9.62. The van der Waals surface area contributed by atoms with Gasteiger partial charge in [0.1, 0.15) is 12.4 Å². The molecule has 1 aromatic heterocycles. The average molecular weight is 361 g/mol. The van der Waals surface area contributed by atoms with Gasteiger partial charge in [-0.25, -0.2) is 0 Å². The zero-order chi connectivity index (χ0) is 19.1. The van der Waals surface area contributed by atoms with E-state index in [1.54, 1.807) is 6.92 Å². The van der Waals surface area contributed by atoms with E-state index in [4.69, 9.17) is 4.74 Å². The molecule has 3 heteroatoms. The van der Waals surface area contributed by atoms with E-state index in [2.05, 4.69) is 42.2 Å². The zero-order valence-electron chi connectivity index (χ0n) is 16.1. The largest absolute Gasteiger partial charge is 0.491 e. The fourth-order valence-corrected chi connectivity index (χ4v) is 2.92. The maximum absolute atomic E-state index is 9.28. The molecule has 0 aliphatic rings. The van der Waals surface area contributed by atoms with Crippen LogP contribution in [-0.2, 0) is 6.42 Å². The van der Waals surface area contributed by atoms with Crippen LogP contribution in [0.25, 0.3) is 22.4 Å². The SMILES string of the molecule is CCCCc1ccc(-c2ccc(-c3ccc(OC[C@H](C)O)cc3)nc2)cc1. The first kappa shape index (κ1) is 19.1. The first-order chi connectivity index (χ1) is 13.2. The smallest absolute Gasteiger partial charge is 0.119 e. The quantitative estimate of drug-likeness (QED) is 0.574. The number of aliphatic hydroxyl groups excluding tert-OH is 1. The van der Waals surface area contributed by atoms with Gasteiger partial charge in [-0.3, -0.25) is 4.98 Å². The fourth-order valence-electron chi connectivity index (χ4n) is 2.92. The van der Waals surface area contributed by atoms with E-state index < -0.39 is 6.10 Å². The average Bonchev–Trinajstić information content (AvgIpc) is 2.72. The van der Waals surface area contributed by atoms with Crippen molar-refractivity contribution in [2.24, 2.45) is 0 Å². The van der Waals surface area contributed by atoms with Gasteiger partial charge in [0, 0.05) is 17.3 Å². The summed E-state index contributed by atoms with van der Waals surface area (Å²) in [7, 11) is 0. The summed E-state index contributed by atoms with van der Waals surface area (Å²) in [6.07, 6.45) is 5.05. The number of nitrogens with zero attached hydrogens (tertiary/aromatic N) is 1. The van der Waals surface area contributed by atoms with Crippen LogP contribution in [0.1, 0.15) is 32.3 Å². The van der Waals surface area contributed by atoms with Crippen LogP contribution in [0, 0.1) is 0 Å². The predicted molar refractivity (Wildman–Crippen MR) is 111 cm³/mol. The molecular formula is C24H27NO2. The summed E-state index contributed by atoms with van der Waals surface area (Å²) in [5.41, 5.74) is 5.68. The molecule has 27 heavy (non-hydrogen) atoms. The summed E-state index contributed by atoms with van der Waals surface area (Å²) in [5.74, 6) is 0.749. The van der Waals surface area contributed by atoms with E-state index in [1.807, 2.05) is 36.5 Å². The van der Waals surface area contributed by atoms with Gasteiger partial charge in [-0.2, -0.15) is 0 Å². The van der Waals surface area contributed by atoms with Gasteiger partial charge in [-0.1, -0.05) is 43.7 Å². The number of hydrogen-bond acceptors (Lipinski definition) is 3. The molecule has 0 aliphatic carbocycles. The Hall–Kier alpha value is -2.65. The minimum atomic E-state index is -0.473. The highest BCUT2D eigenvalue weighted by Crippen LogP contribution is 2.24. The van der Waals surface area contributed by atoms with E-state index in [-0.39, 0.29) is 0 Å². The van der Waals surface area contributed by atoms with Crippen molar-refractivity contribution in [3.63, 3.8) is 0 Å². The molecule has 0 spiro atoms. The van der Waals surface area contributed by atoms with Crippen molar-refractivity contribution in [3.05, 3.63) is 72.4 Å². The normalized spacial score (nSPS) is 12.0. The van der Waals surface area contributed by atoms with Gasteiger partial charge >= 0.3 is 0 Å². The van der Waals surface area contributed by atoms with Crippen molar-refractivity contribution in [1.29, 1.82) is 0 Å². The van der Waals surface area contributed by atoms with Crippen LogP contribution >= 0.6 is 0 Å². The molecule has 0 aliphatic heterocycles. The Morgan fingerprint density at radius 2 is 1.56 bits per heavy atom. The Balaban J connectivity index is 1.68. The molecule has 0 unspecified atom stereocenters. The summed E-state index contributed by atoms with van der Waals surface area (Å²) in [5, 5.41) is 9.28. The van der Waals surface area contributed by atoms with Crippen LogP contribution in [0.15, 0.2) is 66.9 Å². The number of pyridine rings is 1. The van der Waals surface area contributed by atoms with Crippen LogP contribution < -0.4 is 4.74 Å². The summed E-state index contributed by atoms with van der Waals surface area (Å²) in [6, 6.07) is 20.7. The lowest BCUT2D eigenvalue weighted by molar-refractivity contribution is 0.123. The van der Waals surface area contributed by atoms with Gasteiger partial charge in [0.15, 0.2) is 0 Å². The molecule has 2 aromatic carbocycles. The lowest BCUT2D eigenvalue weighted by Gasteiger charge is -2.09. The standard InChI is InChI=1S/C24H27NO2/c1-3-4-5-19-6-8-20(9-7-19)22-12-15-24(25-16-22)21-10-13-23(14-11-21)27-17-18(2)26/h6-16,18,26H,3-5,17H2,1-2H3/t18-/m0/s1. The number of aliphatic hydroxyl groups is 1. The Morgan fingerprint density at radius 3 is 2.15 bits per heavy atom. The van der Waals surface area contributed by atoms with Crippen LogP contribution in [0.4, 0.5) is 0 Å². The Morgan fingerprint density at radius 1 is 0.889 bits per heavy atom. The zero-order valence-corrected chi connectivity index (χ0v) is 16.1. The molecule has 0 radical (unpaired) electrons. The van der Waals surface area contributed by atoms with E-state index in [0.29, 0.717) is 6.61 Å². The maximum Gasteiger partial charge on any atom is 0.119 e. The van der Waals surface area contributed by atoms with Crippen molar-refractivity contribution < 1.29 is 9.84 Å². The van der Waals surface area contributed by atoms with Crippen LogP contribution in [0.3, 0.4) is 0 Å². The molecule has 0 saturated heterocycles. The molecule has 1 heterocycles. The molecule has 0 saturated carbocycles. The highest BCUT2D eigenvalue weighted by atomic mass is 16.5. The number of aryl methyl sites for hydroxylation is 1. The lowest BCUT2D eigenvalue weighted by atomic mass is 10.0. The van der Waals surface area contributed by atoms with Crippen molar-refractivity contribution in [2.45, 2.75) is 39.2 Å². The van der Waals surface area contributed by atoms with Gasteiger partial charge in [0.2, 0.25) is 0 Å². The Labute approximate surface area is 161 Å². The molecule has 1 atom stereocenters. The molecule has 3 aromatic rings. The number of ether oxygens (including phenoxy) is 1. The minimum Gasteiger partial charge on any atom is -0.491 e. The second-order valence-electron chi connectivity index (χ2n) is 6.92. The molecule has 3 nitrogen and oxygen atoms in total. The first-order valence-corrected chi connectivity index (χ1v) is 9.62. The van der Waals surface area contributed by atoms with Crippen LogP contribution in [0.5, 0.6) is 5.75 Å². The van der Waals surface area contributed by atoms with Gasteiger partial charge in [0.25, 0.3) is 0 Å². The van der Waals surface area contributed by atoms with E-state index in [0.717, 1.165) is 29.0 Å².